The zero-order valence-corrected chi connectivity index (χ0v) is 12.9. The number of hydrogen-bond acceptors (Lipinski definition) is 1. The van der Waals surface area contributed by atoms with Gasteiger partial charge in [-0.2, -0.15) is 0 Å². The Labute approximate surface area is 130 Å². The van der Waals surface area contributed by atoms with Crippen molar-refractivity contribution in [1.82, 2.24) is 0 Å². The predicted octanol–water partition coefficient (Wildman–Crippen LogP) is 5.11. The number of rotatable bonds is 1. The highest BCUT2D eigenvalue weighted by molar-refractivity contribution is 6.32. The van der Waals surface area contributed by atoms with E-state index in [9.17, 15) is 0 Å². The molecule has 0 aliphatic heterocycles. The van der Waals surface area contributed by atoms with Gasteiger partial charge in [0, 0.05) is 17.8 Å². The zero-order valence-electron chi connectivity index (χ0n) is 12.2. The second kappa shape index (κ2) is 4.92. The molecule has 0 spiro atoms. The van der Waals surface area contributed by atoms with Gasteiger partial charge >= 0.3 is 0 Å². The Bertz CT molecular complexity index is 759. The minimum Gasteiger partial charge on any atom is -0.388 e. The summed E-state index contributed by atoms with van der Waals surface area (Å²) in [6, 6.07) is 8.81. The molecule has 2 heteroatoms. The van der Waals surface area contributed by atoms with E-state index in [1.807, 2.05) is 13.1 Å². The van der Waals surface area contributed by atoms with Crippen molar-refractivity contribution in [2.75, 3.05) is 12.4 Å². The fourth-order valence-electron chi connectivity index (χ4n) is 3.66. The van der Waals surface area contributed by atoms with Crippen LogP contribution in [0.5, 0.6) is 0 Å². The van der Waals surface area contributed by atoms with Crippen LogP contribution in [0.4, 0.5) is 5.69 Å². The van der Waals surface area contributed by atoms with Crippen LogP contribution in [0.25, 0.3) is 17.2 Å². The number of anilines is 1. The molecular weight excluding hydrogens is 278 g/mol. The van der Waals surface area contributed by atoms with Crippen molar-refractivity contribution in [3.05, 3.63) is 57.6 Å². The standard InChI is InChI=1S/C19H18ClN/c1-21-13-10-18-16-7-6-12-4-2-3-5-14(12)15(16)8-9-17(18)19(20)11-13/h2,4,6-7,10-11,21H,3,5,8-9H2,1H3. The van der Waals surface area contributed by atoms with Gasteiger partial charge in [0.15, 0.2) is 0 Å². The molecule has 1 nitrogen and oxygen atoms in total. The van der Waals surface area contributed by atoms with E-state index in [-0.39, 0.29) is 0 Å². The molecule has 0 amide bonds. The van der Waals surface area contributed by atoms with Gasteiger partial charge in [-0.3, -0.25) is 0 Å². The van der Waals surface area contributed by atoms with Crippen LogP contribution in [0, 0.1) is 0 Å². The Morgan fingerprint density at radius 1 is 0.952 bits per heavy atom. The van der Waals surface area contributed by atoms with Crippen molar-refractivity contribution >= 4 is 23.4 Å². The van der Waals surface area contributed by atoms with Crippen molar-refractivity contribution in [2.24, 2.45) is 0 Å². The van der Waals surface area contributed by atoms with Gasteiger partial charge in [0.05, 0.1) is 0 Å². The molecule has 0 saturated carbocycles. The van der Waals surface area contributed by atoms with E-state index in [0.29, 0.717) is 0 Å². The lowest BCUT2D eigenvalue weighted by atomic mass is 9.79. The van der Waals surface area contributed by atoms with Gasteiger partial charge in [-0.25, -0.2) is 0 Å². The van der Waals surface area contributed by atoms with Crippen LogP contribution in [0.2, 0.25) is 5.02 Å². The van der Waals surface area contributed by atoms with Crippen LogP contribution >= 0.6 is 11.6 Å². The molecule has 0 unspecified atom stereocenters. The Morgan fingerprint density at radius 3 is 2.67 bits per heavy atom. The summed E-state index contributed by atoms with van der Waals surface area (Å²) in [5.41, 5.74) is 9.56. The maximum Gasteiger partial charge on any atom is 0.0464 e. The molecule has 21 heavy (non-hydrogen) atoms. The number of halogens is 1. The van der Waals surface area contributed by atoms with Crippen LogP contribution in [0.1, 0.15) is 28.7 Å². The summed E-state index contributed by atoms with van der Waals surface area (Å²) in [6.45, 7) is 0. The number of fused-ring (bicyclic) bond motifs is 5. The van der Waals surface area contributed by atoms with E-state index in [1.54, 1.807) is 5.56 Å². The number of benzene rings is 2. The molecular formula is C19H18ClN. The quantitative estimate of drug-likeness (QED) is 0.771. The SMILES string of the molecule is CNc1cc(Cl)c2c(c1)-c1ccc3c(c1CC2)CCC=C3. The van der Waals surface area contributed by atoms with Gasteiger partial charge in [0.2, 0.25) is 0 Å². The lowest BCUT2D eigenvalue weighted by Crippen LogP contribution is -2.10. The Morgan fingerprint density at radius 2 is 1.81 bits per heavy atom. The molecule has 106 valence electrons. The van der Waals surface area contributed by atoms with E-state index in [0.717, 1.165) is 30.0 Å². The fourth-order valence-corrected chi connectivity index (χ4v) is 3.98. The highest BCUT2D eigenvalue weighted by Crippen LogP contribution is 2.42. The summed E-state index contributed by atoms with van der Waals surface area (Å²) in [5.74, 6) is 0. The van der Waals surface area contributed by atoms with E-state index >= 15 is 0 Å². The summed E-state index contributed by atoms with van der Waals surface area (Å²) in [5, 5.41) is 4.10. The first-order valence-electron chi connectivity index (χ1n) is 7.60. The van der Waals surface area contributed by atoms with Crippen LogP contribution < -0.4 is 5.32 Å². The second-order valence-electron chi connectivity index (χ2n) is 5.83. The maximum absolute atomic E-state index is 6.48. The smallest absolute Gasteiger partial charge is 0.0464 e. The lowest BCUT2D eigenvalue weighted by molar-refractivity contribution is 0.887. The first kappa shape index (κ1) is 13.0. The molecule has 0 aromatic heterocycles. The van der Waals surface area contributed by atoms with E-state index in [4.69, 9.17) is 11.6 Å². The van der Waals surface area contributed by atoms with Crippen molar-refractivity contribution in [3.8, 4) is 11.1 Å². The summed E-state index contributed by atoms with van der Waals surface area (Å²) >= 11 is 6.48. The molecule has 2 aliphatic rings. The topological polar surface area (TPSA) is 12.0 Å². The highest BCUT2D eigenvalue weighted by Gasteiger charge is 2.23. The van der Waals surface area contributed by atoms with Gasteiger partial charge < -0.3 is 5.32 Å². The van der Waals surface area contributed by atoms with E-state index in [2.05, 4.69) is 35.7 Å². The fraction of sp³-hybridized carbons (Fsp3) is 0.263. The third-order valence-corrected chi connectivity index (χ3v) is 5.06. The monoisotopic (exact) mass is 295 g/mol. The summed E-state index contributed by atoms with van der Waals surface area (Å²) < 4.78 is 0. The normalized spacial score (nSPS) is 15.1. The molecule has 0 fully saturated rings. The first-order valence-corrected chi connectivity index (χ1v) is 7.97. The molecule has 1 N–H and O–H groups in total. The van der Waals surface area contributed by atoms with Gasteiger partial charge in [-0.15, -0.1) is 0 Å². The molecule has 4 rings (SSSR count). The molecule has 2 aromatic rings. The zero-order chi connectivity index (χ0) is 14.4. The second-order valence-corrected chi connectivity index (χ2v) is 6.24. The summed E-state index contributed by atoms with van der Waals surface area (Å²) in [6.07, 6.45) is 9.04. The predicted molar refractivity (Wildman–Crippen MR) is 91.2 cm³/mol. The minimum absolute atomic E-state index is 0.889. The summed E-state index contributed by atoms with van der Waals surface area (Å²) in [4.78, 5) is 0. The molecule has 0 bridgehead atoms. The number of nitrogens with one attached hydrogen (secondary N) is 1. The Hall–Kier alpha value is -1.73. The van der Waals surface area contributed by atoms with Gasteiger partial charge in [-0.1, -0.05) is 35.9 Å². The van der Waals surface area contributed by atoms with E-state index < -0.39 is 0 Å². The maximum atomic E-state index is 6.48. The van der Waals surface area contributed by atoms with Crippen molar-refractivity contribution in [2.45, 2.75) is 25.7 Å². The third kappa shape index (κ3) is 1.99. The lowest BCUT2D eigenvalue weighted by Gasteiger charge is -2.26. The number of hydrogen-bond donors (Lipinski definition) is 1. The largest absolute Gasteiger partial charge is 0.388 e. The van der Waals surface area contributed by atoms with Crippen LogP contribution in [-0.4, -0.2) is 7.05 Å². The Kier molecular flexibility index (Phi) is 3.04. The van der Waals surface area contributed by atoms with Gasteiger partial charge in [0.1, 0.15) is 0 Å². The van der Waals surface area contributed by atoms with Gasteiger partial charge in [-0.05, 0) is 71.2 Å². The van der Waals surface area contributed by atoms with Crippen molar-refractivity contribution in [3.63, 3.8) is 0 Å². The molecule has 2 aliphatic carbocycles. The minimum atomic E-state index is 0.889. The third-order valence-electron chi connectivity index (χ3n) is 4.73. The highest BCUT2D eigenvalue weighted by atomic mass is 35.5. The van der Waals surface area contributed by atoms with Crippen LogP contribution in [0.15, 0.2) is 30.3 Å². The first-order chi connectivity index (χ1) is 10.3. The molecule has 0 atom stereocenters. The summed E-state index contributed by atoms with van der Waals surface area (Å²) in [7, 11) is 1.94. The molecule has 0 saturated heterocycles. The molecule has 0 heterocycles. The van der Waals surface area contributed by atoms with Gasteiger partial charge in [0.25, 0.3) is 0 Å². The Balaban J connectivity index is 1.97. The van der Waals surface area contributed by atoms with Crippen LogP contribution in [-0.2, 0) is 19.3 Å². The molecule has 0 radical (unpaired) electrons. The van der Waals surface area contributed by atoms with Crippen LogP contribution in [0.3, 0.4) is 0 Å². The molecule has 2 aromatic carbocycles. The van der Waals surface area contributed by atoms with Crippen molar-refractivity contribution in [1.29, 1.82) is 0 Å². The number of allylic oxidation sites excluding steroid dienone is 1. The van der Waals surface area contributed by atoms with Crippen molar-refractivity contribution < 1.29 is 0 Å². The van der Waals surface area contributed by atoms with E-state index in [1.165, 1.54) is 34.2 Å². The average molecular weight is 296 g/mol. The average Bonchev–Trinajstić information content (AvgIpc) is 2.54.